The molecule has 1 N–H and O–H groups in total. The maximum Gasteiger partial charge on any atom is 0.0440 e. The van der Waals surface area contributed by atoms with E-state index in [1.54, 1.807) is 0 Å². The molecular weight excluding hydrogens is 268 g/mol. The number of hydrogen-bond acceptors (Lipinski definition) is 2. The van der Waals surface area contributed by atoms with Gasteiger partial charge in [-0.2, -0.15) is 0 Å². The van der Waals surface area contributed by atoms with Crippen molar-refractivity contribution in [1.29, 1.82) is 0 Å². The molecule has 1 aliphatic carbocycles. The molecule has 104 valence electrons. The molecule has 1 heterocycles. The minimum absolute atomic E-state index is 0.627. The maximum atomic E-state index is 6.24. The first-order valence-electron chi connectivity index (χ1n) is 7.19. The van der Waals surface area contributed by atoms with Crippen LogP contribution in [0.25, 0.3) is 0 Å². The molecule has 0 spiro atoms. The molecule has 20 heavy (non-hydrogen) atoms. The monoisotopic (exact) mass is 286 g/mol. The predicted octanol–water partition coefficient (Wildman–Crippen LogP) is 3.81. The lowest BCUT2D eigenvalue weighted by molar-refractivity contribution is 0.293. The number of aromatic nitrogens is 1. The van der Waals surface area contributed by atoms with Gasteiger partial charge in [-0.15, -0.1) is 0 Å². The summed E-state index contributed by atoms with van der Waals surface area (Å²) in [7, 11) is 0. The van der Waals surface area contributed by atoms with Gasteiger partial charge in [0.2, 0.25) is 0 Å². The van der Waals surface area contributed by atoms with E-state index in [2.05, 4.69) is 34.6 Å². The zero-order chi connectivity index (χ0) is 13.8. The molecule has 0 bridgehead atoms. The number of nitrogens with one attached hydrogen (secondary N) is 1. The molecule has 3 heteroatoms. The van der Waals surface area contributed by atoms with Gasteiger partial charge in [-0.1, -0.05) is 29.8 Å². The molecule has 1 aromatic carbocycles. The molecule has 2 aromatic rings. The molecule has 3 rings (SSSR count). The molecule has 1 aliphatic rings. The third-order valence-corrected chi connectivity index (χ3v) is 4.42. The van der Waals surface area contributed by atoms with Gasteiger partial charge in [0.1, 0.15) is 0 Å². The molecule has 2 nitrogen and oxygen atoms in total. The third kappa shape index (κ3) is 3.20. The van der Waals surface area contributed by atoms with Gasteiger partial charge in [0.25, 0.3) is 0 Å². The van der Waals surface area contributed by atoms with Crippen LogP contribution < -0.4 is 5.32 Å². The van der Waals surface area contributed by atoms with E-state index in [1.165, 1.54) is 24.0 Å². The summed E-state index contributed by atoms with van der Waals surface area (Å²) in [5, 5.41) is 4.53. The molecule has 0 amide bonds. The van der Waals surface area contributed by atoms with Gasteiger partial charge < -0.3 is 5.32 Å². The van der Waals surface area contributed by atoms with Crippen LogP contribution in [0.5, 0.6) is 0 Å². The van der Waals surface area contributed by atoms with Gasteiger partial charge in [0, 0.05) is 23.5 Å². The van der Waals surface area contributed by atoms with Crippen LogP contribution in [0, 0.1) is 0 Å². The minimum atomic E-state index is 0.627. The van der Waals surface area contributed by atoms with Crippen LogP contribution in [0.2, 0.25) is 5.02 Å². The standard InChI is InChI=1S/C17H19ClN2/c18-17-4-2-1-3-16(17)14-11-15(12-14)20-10-7-13-5-8-19-9-6-13/h1-6,8-9,14-15,20H,7,10-12H2. The first kappa shape index (κ1) is 13.6. The Morgan fingerprint density at radius 3 is 2.60 bits per heavy atom. The molecule has 1 fully saturated rings. The van der Waals surface area contributed by atoms with Crippen molar-refractivity contribution in [3.05, 3.63) is 64.9 Å². The van der Waals surface area contributed by atoms with Gasteiger partial charge in [-0.05, 0) is 61.1 Å². The fourth-order valence-corrected chi connectivity index (χ4v) is 3.10. The van der Waals surface area contributed by atoms with Crippen LogP contribution in [0.4, 0.5) is 0 Å². The zero-order valence-corrected chi connectivity index (χ0v) is 12.2. The van der Waals surface area contributed by atoms with Crippen molar-refractivity contribution in [2.45, 2.75) is 31.2 Å². The second kappa shape index (κ2) is 6.38. The van der Waals surface area contributed by atoms with Gasteiger partial charge >= 0.3 is 0 Å². The van der Waals surface area contributed by atoms with Crippen LogP contribution in [-0.2, 0) is 6.42 Å². The Hall–Kier alpha value is -1.38. The van der Waals surface area contributed by atoms with E-state index in [0.717, 1.165) is 18.0 Å². The van der Waals surface area contributed by atoms with Crippen LogP contribution in [-0.4, -0.2) is 17.6 Å². The van der Waals surface area contributed by atoms with Crippen molar-refractivity contribution >= 4 is 11.6 Å². The van der Waals surface area contributed by atoms with E-state index < -0.39 is 0 Å². The summed E-state index contributed by atoms with van der Waals surface area (Å²) in [5.74, 6) is 0.627. The molecule has 0 aliphatic heterocycles. The average molecular weight is 287 g/mol. The van der Waals surface area contributed by atoms with Gasteiger partial charge in [-0.3, -0.25) is 4.98 Å². The molecular formula is C17H19ClN2. The van der Waals surface area contributed by atoms with E-state index >= 15 is 0 Å². The number of benzene rings is 1. The van der Waals surface area contributed by atoms with Crippen molar-refractivity contribution in [3.63, 3.8) is 0 Å². The lowest BCUT2D eigenvalue weighted by Gasteiger charge is -2.37. The number of pyridine rings is 1. The Bertz CT molecular complexity index is 550. The van der Waals surface area contributed by atoms with E-state index in [4.69, 9.17) is 11.6 Å². The number of halogens is 1. The summed E-state index contributed by atoms with van der Waals surface area (Å²) in [5.41, 5.74) is 2.65. The second-order valence-corrected chi connectivity index (χ2v) is 5.85. The van der Waals surface area contributed by atoms with E-state index in [-0.39, 0.29) is 0 Å². The smallest absolute Gasteiger partial charge is 0.0440 e. The molecule has 0 unspecified atom stereocenters. The third-order valence-electron chi connectivity index (χ3n) is 4.08. The Balaban J connectivity index is 1.42. The fourth-order valence-electron chi connectivity index (χ4n) is 2.81. The van der Waals surface area contributed by atoms with Gasteiger partial charge in [0.15, 0.2) is 0 Å². The highest BCUT2D eigenvalue weighted by molar-refractivity contribution is 6.31. The Labute approximate surface area is 125 Å². The second-order valence-electron chi connectivity index (χ2n) is 5.45. The SMILES string of the molecule is Clc1ccccc1C1CC(NCCc2ccncc2)C1. The van der Waals surface area contributed by atoms with Crippen molar-refractivity contribution in [2.24, 2.45) is 0 Å². The number of rotatable bonds is 5. The lowest BCUT2D eigenvalue weighted by Crippen LogP contribution is -2.41. The summed E-state index contributed by atoms with van der Waals surface area (Å²) < 4.78 is 0. The highest BCUT2D eigenvalue weighted by Crippen LogP contribution is 2.39. The topological polar surface area (TPSA) is 24.9 Å². The normalized spacial score (nSPS) is 21.4. The van der Waals surface area contributed by atoms with Gasteiger partial charge in [0.05, 0.1) is 0 Å². The summed E-state index contributed by atoms with van der Waals surface area (Å²) in [6.07, 6.45) is 7.16. The predicted molar refractivity (Wildman–Crippen MR) is 83.2 cm³/mol. The largest absolute Gasteiger partial charge is 0.314 e. The summed E-state index contributed by atoms with van der Waals surface area (Å²) in [6, 6.07) is 13.0. The van der Waals surface area contributed by atoms with Crippen LogP contribution in [0.15, 0.2) is 48.8 Å². The lowest BCUT2D eigenvalue weighted by atomic mass is 9.76. The number of nitrogens with zero attached hydrogens (tertiary/aromatic N) is 1. The van der Waals surface area contributed by atoms with Gasteiger partial charge in [-0.25, -0.2) is 0 Å². The zero-order valence-electron chi connectivity index (χ0n) is 11.4. The first-order valence-corrected chi connectivity index (χ1v) is 7.57. The Kier molecular flexibility index (Phi) is 4.34. The van der Waals surface area contributed by atoms with Crippen molar-refractivity contribution in [2.75, 3.05) is 6.54 Å². The maximum absolute atomic E-state index is 6.24. The minimum Gasteiger partial charge on any atom is -0.314 e. The van der Waals surface area contributed by atoms with E-state index in [0.29, 0.717) is 12.0 Å². The average Bonchev–Trinajstić information content (AvgIpc) is 2.44. The van der Waals surface area contributed by atoms with E-state index in [9.17, 15) is 0 Å². The molecule has 0 saturated heterocycles. The van der Waals surface area contributed by atoms with Crippen LogP contribution >= 0.6 is 11.6 Å². The number of hydrogen-bond donors (Lipinski definition) is 1. The van der Waals surface area contributed by atoms with E-state index in [1.807, 2.05) is 24.5 Å². The molecule has 1 saturated carbocycles. The molecule has 1 aromatic heterocycles. The summed E-state index contributed by atoms with van der Waals surface area (Å²) in [6.45, 7) is 1.03. The van der Waals surface area contributed by atoms with Crippen LogP contribution in [0.3, 0.4) is 0 Å². The quantitative estimate of drug-likeness (QED) is 0.904. The molecule has 0 atom stereocenters. The van der Waals surface area contributed by atoms with Crippen molar-refractivity contribution < 1.29 is 0 Å². The van der Waals surface area contributed by atoms with Crippen LogP contribution in [0.1, 0.15) is 29.9 Å². The Morgan fingerprint density at radius 2 is 1.85 bits per heavy atom. The first-order chi connectivity index (χ1) is 9.83. The molecule has 0 radical (unpaired) electrons. The highest BCUT2D eigenvalue weighted by atomic mass is 35.5. The highest BCUT2D eigenvalue weighted by Gasteiger charge is 2.30. The summed E-state index contributed by atoms with van der Waals surface area (Å²) in [4.78, 5) is 4.03. The van der Waals surface area contributed by atoms with Crippen molar-refractivity contribution in [3.8, 4) is 0 Å². The van der Waals surface area contributed by atoms with Crippen molar-refractivity contribution in [1.82, 2.24) is 10.3 Å². The summed E-state index contributed by atoms with van der Waals surface area (Å²) >= 11 is 6.24. The fraction of sp³-hybridized carbons (Fsp3) is 0.353. The Morgan fingerprint density at radius 1 is 1.10 bits per heavy atom.